The number of rotatable bonds is 2. The summed E-state index contributed by atoms with van der Waals surface area (Å²) >= 11 is 5.08. The molecule has 2 aromatic rings. The van der Waals surface area contributed by atoms with Crippen LogP contribution in [-0.2, 0) is 12.0 Å². The Morgan fingerprint density at radius 2 is 2.19 bits per heavy atom. The fraction of sp³-hybridized carbons (Fsp3) is 0.455. The molecule has 0 radical (unpaired) electrons. The molecule has 0 bridgehead atoms. The van der Waals surface area contributed by atoms with Gasteiger partial charge in [-0.1, -0.05) is 20.8 Å². The van der Waals surface area contributed by atoms with Crippen molar-refractivity contribution >= 4 is 27.3 Å². The van der Waals surface area contributed by atoms with Crippen molar-refractivity contribution in [3.63, 3.8) is 0 Å². The second kappa shape index (κ2) is 4.30. The van der Waals surface area contributed by atoms with Crippen LogP contribution in [0.4, 0.5) is 0 Å². The van der Waals surface area contributed by atoms with E-state index in [0.717, 1.165) is 21.7 Å². The number of aromatic nitrogens is 3. The van der Waals surface area contributed by atoms with Crippen molar-refractivity contribution in [2.75, 3.05) is 0 Å². The Labute approximate surface area is 108 Å². The lowest BCUT2D eigenvalue weighted by molar-refractivity contribution is 0.568. The van der Waals surface area contributed by atoms with E-state index >= 15 is 0 Å². The molecule has 0 amide bonds. The smallest absolute Gasteiger partial charge is 0.114 e. The Morgan fingerprint density at radius 3 is 2.69 bits per heavy atom. The third kappa shape index (κ3) is 2.71. The van der Waals surface area contributed by atoms with Crippen LogP contribution in [0.15, 0.2) is 22.2 Å². The number of thiazole rings is 1. The summed E-state index contributed by atoms with van der Waals surface area (Å²) < 4.78 is 2.88. The molecule has 0 spiro atoms. The third-order valence-corrected chi connectivity index (χ3v) is 3.46. The van der Waals surface area contributed by atoms with Gasteiger partial charge in [-0.15, -0.1) is 11.3 Å². The molecule has 86 valence electrons. The summed E-state index contributed by atoms with van der Waals surface area (Å²) in [5.74, 6) is 0. The Hall–Kier alpha value is -0.680. The molecule has 3 nitrogen and oxygen atoms in total. The van der Waals surface area contributed by atoms with Gasteiger partial charge in [0.25, 0.3) is 0 Å². The highest BCUT2D eigenvalue weighted by Gasteiger charge is 2.17. The maximum atomic E-state index is 4.63. The second-order valence-corrected chi connectivity index (χ2v) is 6.59. The van der Waals surface area contributed by atoms with Crippen molar-refractivity contribution in [2.45, 2.75) is 32.7 Å². The van der Waals surface area contributed by atoms with E-state index in [-0.39, 0.29) is 5.41 Å². The van der Waals surface area contributed by atoms with Gasteiger partial charge in [-0.05, 0) is 15.9 Å². The number of halogens is 1. The topological polar surface area (TPSA) is 30.7 Å². The lowest BCUT2D eigenvalue weighted by Crippen LogP contribution is -2.11. The molecule has 0 aliphatic rings. The van der Waals surface area contributed by atoms with Crippen LogP contribution in [0, 0.1) is 0 Å². The van der Waals surface area contributed by atoms with Gasteiger partial charge in [0, 0.05) is 17.0 Å². The molecular weight excluding hydrogens is 286 g/mol. The lowest BCUT2D eigenvalue weighted by Gasteiger charge is -2.14. The average Bonchev–Trinajstić information content (AvgIpc) is 2.74. The second-order valence-electron chi connectivity index (χ2n) is 4.73. The molecule has 2 heterocycles. The summed E-state index contributed by atoms with van der Waals surface area (Å²) in [6, 6.07) is 0. The first-order valence-corrected chi connectivity index (χ1v) is 6.75. The molecule has 0 aliphatic heterocycles. The van der Waals surface area contributed by atoms with Gasteiger partial charge < -0.3 is 0 Å². The van der Waals surface area contributed by atoms with Crippen LogP contribution < -0.4 is 0 Å². The van der Waals surface area contributed by atoms with Crippen molar-refractivity contribution in [3.8, 4) is 0 Å². The molecule has 0 aromatic carbocycles. The van der Waals surface area contributed by atoms with Crippen molar-refractivity contribution < 1.29 is 0 Å². The van der Waals surface area contributed by atoms with Crippen molar-refractivity contribution in [1.82, 2.24) is 14.8 Å². The summed E-state index contributed by atoms with van der Waals surface area (Å²) in [6.45, 7) is 7.27. The van der Waals surface area contributed by atoms with E-state index in [1.165, 1.54) is 0 Å². The average molecular weight is 300 g/mol. The minimum absolute atomic E-state index is 0.124. The van der Waals surface area contributed by atoms with Crippen molar-refractivity contribution in [1.29, 1.82) is 0 Å². The molecular formula is C11H14BrN3S. The Balaban J connectivity index is 2.14. The molecule has 0 saturated carbocycles. The fourth-order valence-corrected chi connectivity index (χ4v) is 2.63. The zero-order valence-corrected chi connectivity index (χ0v) is 12.0. The molecule has 0 aliphatic carbocycles. The summed E-state index contributed by atoms with van der Waals surface area (Å²) in [7, 11) is 0. The summed E-state index contributed by atoms with van der Waals surface area (Å²) in [4.78, 5) is 4.63. The maximum absolute atomic E-state index is 4.63. The number of nitrogens with zero attached hydrogens (tertiary/aromatic N) is 3. The van der Waals surface area contributed by atoms with Gasteiger partial charge in [0.2, 0.25) is 0 Å². The van der Waals surface area contributed by atoms with Gasteiger partial charge in [-0.3, -0.25) is 4.68 Å². The fourth-order valence-electron chi connectivity index (χ4n) is 1.29. The van der Waals surface area contributed by atoms with E-state index in [4.69, 9.17) is 0 Å². The molecule has 0 fully saturated rings. The van der Waals surface area contributed by atoms with Gasteiger partial charge in [0.1, 0.15) is 5.01 Å². The third-order valence-electron chi connectivity index (χ3n) is 2.22. The monoisotopic (exact) mass is 299 g/mol. The van der Waals surface area contributed by atoms with Crippen LogP contribution in [0.25, 0.3) is 0 Å². The highest BCUT2D eigenvalue weighted by atomic mass is 79.9. The molecule has 0 N–H and O–H groups in total. The standard InChI is InChI=1S/C11H14BrN3S/c1-11(2,3)9-7-16-10(14-9)6-15-5-8(12)4-13-15/h4-5,7H,6H2,1-3H3. The molecule has 0 atom stereocenters. The van der Waals surface area contributed by atoms with Crippen LogP contribution in [0.3, 0.4) is 0 Å². The molecule has 2 aromatic heterocycles. The maximum Gasteiger partial charge on any atom is 0.114 e. The molecule has 2 rings (SSSR count). The lowest BCUT2D eigenvalue weighted by atomic mass is 9.93. The van der Waals surface area contributed by atoms with Crippen LogP contribution in [0.2, 0.25) is 0 Å². The summed E-state index contributed by atoms with van der Waals surface area (Å²) in [6.07, 6.45) is 3.75. The van der Waals surface area contributed by atoms with Gasteiger partial charge in [-0.2, -0.15) is 5.10 Å². The molecule has 0 saturated heterocycles. The van der Waals surface area contributed by atoms with E-state index in [2.05, 4.69) is 52.2 Å². The van der Waals surface area contributed by atoms with Crippen molar-refractivity contribution in [2.24, 2.45) is 0 Å². The zero-order valence-electron chi connectivity index (χ0n) is 9.57. The Bertz CT molecular complexity index is 481. The van der Waals surface area contributed by atoms with E-state index in [9.17, 15) is 0 Å². The van der Waals surface area contributed by atoms with E-state index < -0.39 is 0 Å². The number of hydrogen-bond donors (Lipinski definition) is 0. The van der Waals surface area contributed by atoms with E-state index in [0.29, 0.717) is 0 Å². The molecule has 0 unspecified atom stereocenters. The minimum atomic E-state index is 0.124. The predicted octanol–water partition coefficient (Wildman–Crippen LogP) is 3.45. The van der Waals surface area contributed by atoms with E-state index in [1.54, 1.807) is 17.5 Å². The molecule has 5 heteroatoms. The quantitative estimate of drug-likeness (QED) is 0.850. The number of hydrogen-bond acceptors (Lipinski definition) is 3. The summed E-state index contributed by atoms with van der Waals surface area (Å²) in [5.41, 5.74) is 1.28. The first-order chi connectivity index (χ1) is 7.45. The molecule has 16 heavy (non-hydrogen) atoms. The van der Waals surface area contributed by atoms with Crippen LogP contribution >= 0.6 is 27.3 Å². The van der Waals surface area contributed by atoms with Crippen molar-refractivity contribution in [3.05, 3.63) is 32.9 Å². The Morgan fingerprint density at radius 1 is 1.44 bits per heavy atom. The van der Waals surface area contributed by atoms with Gasteiger partial charge in [0.05, 0.1) is 22.9 Å². The first kappa shape index (κ1) is 11.8. The van der Waals surface area contributed by atoms with Crippen LogP contribution in [0.1, 0.15) is 31.5 Å². The van der Waals surface area contributed by atoms with E-state index in [1.807, 2.05) is 10.9 Å². The summed E-state index contributed by atoms with van der Waals surface area (Å²) in [5, 5.41) is 7.45. The van der Waals surface area contributed by atoms with Gasteiger partial charge in [-0.25, -0.2) is 4.98 Å². The highest BCUT2D eigenvalue weighted by molar-refractivity contribution is 9.10. The van der Waals surface area contributed by atoms with Gasteiger partial charge >= 0.3 is 0 Å². The van der Waals surface area contributed by atoms with Gasteiger partial charge in [0.15, 0.2) is 0 Å². The highest BCUT2D eigenvalue weighted by Crippen LogP contribution is 2.24. The van der Waals surface area contributed by atoms with Crippen LogP contribution in [-0.4, -0.2) is 14.8 Å². The predicted molar refractivity (Wildman–Crippen MR) is 69.8 cm³/mol. The Kier molecular flexibility index (Phi) is 3.17. The minimum Gasteiger partial charge on any atom is -0.265 e. The van der Waals surface area contributed by atoms with Crippen LogP contribution in [0.5, 0.6) is 0 Å². The SMILES string of the molecule is CC(C)(C)c1csc(Cn2cc(Br)cn2)n1. The largest absolute Gasteiger partial charge is 0.265 e. The zero-order chi connectivity index (χ0) is 11.8. The normalized spacial score (nSPS) is 12.0. The first-order valence-electron chi connectivity index (χ1n) is 5.08.